The summed E-state index contributed by atoms with van der Waals surface area (Å²) in [6.45, 7) is 5.38. The number of nitrogens with one attached hydrogen (secondary N) is 2. The minimum absolute atomic E-state index is 0.0508. The van der Waals surface area contributed by atoms with Gasteiger partial charge < -0.3 is 15.5 Å². The maximum Gasteiger partial charge on any atom is 0.241 e. The lowest BCUT2D eigenvalue weighted by Gasteiger charge is -2.45. The van der Waals surface area contributed by atoms with E-state index in [0.29, 0.717) is 0 Å². The van der Waals surface area contributed by atoms with Gasteiger partial charge in [0, 0.05) is 32.0 Å². The van der Waals surface area contributed by atoms with Gasteiger partial charge in [-0.3, -0.25) is 9.59 Å². The van der Waals surface area contributed by atoms with E-state index in [9.17, 15) is 9.59 Å². The number of rotatable bonds is 2. The van der Waals surface area contributed by atoms with Gasteiger partial charge >= 0.3 is 0 Å². The van der Waals surface area contributed by atoms with Crippen LogP contribution in [-0.2, 0) is 9.59 Å². The minimum atomic E-state index is -0.144. The molecule has 2 aliphatic heterocycles. The molecule has 2 aliphatic rings. The van der Waals surface area contributed by atoms with E-state index in [1.165, 1.54) is 26.2 Å². The number of carbonyl (C=O) groups excluding carboxylic acids is 2. The van der Waals surface area contributed by atoms with Crippen molar-refractivity contribution in [2.45, 2.75) is 32.6 Å². The highest BCUT2D eigenvalue weighted by Crippen LogP contribution is 2.35. The fourth-order valence-electron chi connectivity index (χ4n) is 3.11. The zero-order valence-corrected chi connectivity index (χ0v) is 11.1. The van der Waals surface area contributed by atoms with Crippen molar-refractivity contribution in [1.29, 1.82) is 0 Å². The Morgan fingerprint density at radius 1 is 1.33 bits per heavy atom. The highest BCUT2D eigenvalue weighted by Gasteiger charge is 2.37. The Bertz CT molecular complexity index is 319. The molecule has 0 aromatic rings. The standard InChI is InChI=1S/C13H23N3O2/c1-11(17)15-8-12(18)16-7-3-5-13(10-16)4-2-6-14-9-13/h14H,2-10H2,1H3,(H,15,17). The van der Waals surface area contributed by atoms with E-state index in [2.05, 4.69) is 10.6 Å². The summed E-state index contributed by atoms with van der Waals surface area (Å²) >= 11 is 0. The highest BCUT2D eigenvalue weighted by atomic mass is 16.2. The Hall–Kier alpha value is -1.10. The number of amides is 2. The maximum absolute atomic E-state index is 12.0. The molecular formula is C13H23N3O2. The molecule has 0 aromatic heterocycles. The number of hydrogen-bond donors (Lipinski definition) is 2. The molecule has 18 heavy (non-hydrogen) atoms. The number of carbonyl (C=O) groups is 2. The third kappa shape index (κ3) is 3.22. The summed E-state index contributed by atoms with van der Waals surface area (Å²) in [5.74, 6) is -0.0933. The molecule has 1 spiro atoms. The van der Waals surface area contributed by atoms with Crippen molar-refractivity contribution in [2.24, 2.45) is 5.41 Å². The molecule has 2 fully saturated rings. The molecule has 2 N–H and O–H groups in total. The Morgan fingerprint density at radius 3 is 2.78 bits per heavy atom. The second kappa shape index (κ2) is 5.69. The summed E-state index contributed by atoms with van der Waals surface area (Å²) in [5.41, 5.74) is 0.280. The average Bonchev–Trinajstić information content (AvgIpc) is 2.37. The molecule has 0 bridgehead atoms. The average molecular weight is 253 g/mol. The monoisotopic (exact) mass is 253 g/mol. The lowest BCUT2D eigenvalue weighted by molar-refractivity contribution is -0.135. The van der Waals surface area contributed by atoms with Gasteiger partial charge in [0.05, 0.1) is 6.54 Å². The second-order valence-corrected chi connectivity index (χ2v) is 5.61. The molecule has 0 radical (unpaired) electrons. The van der Waals surface area contributed by atoms with E-state index in [1.54, 1.807) is 0 Å². The van der Waals surface area contributed by atoms with Crippen molar-refractivity contribution in [1.82, 2.24) is 15.5 Å². The molecule has 1 unspecified atom stereocenters. The van der Waals surface area contributed by atoms with Crippen molar-refractivity contribution in [3.8, 4) is 0 Å². The number of likely N-dealkylation sites (tertiary alicyclic amines) is 1. The lowest BCUT2D eigenvalue weighted by atomic mass is 9.74. The van der Waals surface area contributed by atoms with Crippen molar-refractivity contribution in [2.75, 3.05) is 32.7 Å². The van der Waals surface area contributed by atoms with Crippen LogP contribution in [0.1, 0.15) is 32.6 Å². The van der Waals surface area contributed by atoms with E-state index >= 15 is 0 Å². The molecule has 0 aromatic carbocycles. The fraction of sp³-hybridized carbons (Fsp3) is 0.846. The predicted molar refractivity (Wildman–Crippen MR) is 69.0 cm³/mol. The van der Waals surface area contributed by atoms with Crippen LogP contribution in [0.5, 0.6) is 0 Å². The fourth-order valence-corrected chi connectivity index (χ4v) is 3.11. The Labute approximate surface area is 108 Å². The summed E-state index contributed by atoms with van der Waals surface area (Å²) in [4.78, 5) is 24.8. The molecule has 2 heterocycles. The van der Waals surface area contributed by atoms with E-state index in [4.69, 9.17) is 0 Å². The zero-order chi connectivity index (χ0) is 13.0. The van der Waals surface area contributed by atoms with Crippen LogP contribution in [0, 0.1) is 5.41 Å². The first-order chi connectivity index (χ1) is 8.61. The van der Waals surface area contributed by atoms with E-state index in [1.807, 2.05) is 4.90 Å². The first-order valence-electron chi connectivity index (χ1n) is 6.84. The third-order valence-electron chi connectivity index (χ3n) is 4.06. The minimum Gasteiger partial charge on any atom is -0.347 e. The molecule has 0 saturated carbocycles. The molecule has 2 saturated heterocycles. The van der Waals surface area contributed by atoms with Gasteiger partial charge in [-0.25, -0.2) is 0 Å². The van der Waals surface area contributed by atoms with Crippen LogP contribution in [0.4, 0.5) is 0 Å². The topological polar surface area (TPSA) is 61.4 Å². The molecule has 2 amide bonds. The summed E-state index contributed by atoms with van der Waals surface area (Å²) in [6.07, 6.45) is 4.70. The Morgan fingerprint density at radius 2 is 2.11 bits per heavy atom. The van der Waals surface area contributed by atoms with E-state index < -0.39 is 0 Å². The molecule has 1 atom stereocenters. The second-order valence-electron chi connectivity index (χ2n) is 5.61. The van der Waals surface area contributed by atoms with Crippen molar-refractivity contribution in [3.05, 3.63) is 0 Å². The Kier molecular flexibility index (Phi) is 4.22. The number of piperidine rings is 2. The molecular weight excluding hydrogens is 230 g/mol. The largest absolute Gasteiger partial charge is 0.347 e. The summed E-state index contributed by atoms with van der Waals surface area (Å²) in [6, 6.07) is 0. The van der Waals surface area contributed by atoms with Crippen LogP contribution in [-0.4, -0.2) is 49.4 Å². The van der Waals surface area contributed by atoms with Crippen molar-refractivity contribution >= 4 is 11.8 Å². The molecule has 2 rings (SSSR count). The number of nitrogens with zero attached hydrogens (tertiary/aromatic N) is 1. The Balaban J connectivity index is 1.89. The smallest absolute Gasteiger partial charge is 0.241 e. The van der Waals surface area contributed by atoms with Gasteiger partial charge in [0.25, 0.3) is 0 Å². The van der Waals surface area contributed by atoms with Gasteiger partial charge in [0.15, 0.2) is 0 Å². The highest BCUT2D eigenvalue weighted by molar-refractivity contribution is 5.83. The molecule has 5 nitrogen and oxygen atoms in total. The van der Waals surface area contributed by atoms with Crippen molar-refractivity contribution < 1.29 is 9.59 Å². The first kappa shape index (κ1) is 13.3. The molecule has 0 aliphatic carbocycles. The molecule has 102 valence electrons. The van der Waals surface area contributed by atoms with Crippen molar-refractivity contribution in [3.63, 3.8) is 0 Å². The van der Waals surface area contributed by atoms with Crippen LogP contribution in [0.2, 0.25) is 0 Å². The summed E-state index contributed by atoms with van der Waals surface area (Å²) < 4.78 is 0. The first-order valence-corrected chi connectivity index (χ1v) is 6.84. The van der Waals surface area contributed by atoms with Gasteiger partial charge in [-0.2, -0.15) is 0 Å². The van der Waals surface area contributed by atoms with Crippen LogP contribution in [0.25, 0.3) is 0 Å². The molecule has 5 heteroatoms. The van der Waals surface area contributed by atoms with Gasteiger partial charge in [-0.05, 0) is 32.2 Å². The summed E-state index contributed by atoms with van der Waals surface area (Å²) in [7, 11) is 0. The third-order valence-corrected chi connectivity index (χ3v) is 4.06. The number of hydrogen-bond acceptors (Lipinski definition) is 3. The van der Waals surface area contributed by atoms with Gasteiger partial charge in [-0.15, -0.1) is 0 Å². The van der Waals surface area contributed by atoms with Crippen LogP contribution < -0.4 is 10.6 Å². The van der Waals surface area contributed by atoms with E-state index in [-0.39, 0.29) is 23.8 Å². The van der Waals surface area contributed by atoms with Gasteiger partial charge in [-0.1, -0.05) is 0 Å². The predicted octanol–water partition coefficient (Wildman–Crippen LogP) is 0.115. The maximum atomic E-state index is 12.0. The lowest BCUT2D eigenvalue weighted by Crippen LogP contribution is -2.54. The van der Waals surface area contributed by atoms with Gasteiger partial charge in [0.2, 0.25) is 11.8 Å². The SMILES string of the molecule is CC(=O)NCC(=O)N1CCCC2(CCCNC2)C1. The summed E-state index contributed by atoms with van der Waals surface area (Å²) in [5, 5.41) is 6.04. The van der Waals surface area contributed by atoms with Crippen LogP contribution in [0.15, 0.2) is 0 Å². The van der Waals surface area contributed by atoms with Crippen LogP contribution >= 0.6 is 0 Å². The van der Waals surface area contributed by atoms with Gasteiger partial charge in [0.1, 0.15) is 0 Å². The van der Waals surface area contributed by atoms with E-state index in [0.717, 1.165) is 32.6 Å². The normalized spacial score (nSPS) is 28.2. The quantitative estimate of drug-likeness (QED) is 0.734. The zero-order valence-electron chi connectivity index (χ0n) is 11.1. The van der Waals surface area contributed by atoms with Crippen LogP contribution in [0.3, 0.4) is 0 Å².